The van der Waals surface area contributed by atoms with Crippen LogP contribution in [0.4, 0.5) is 10.5 Å². The van der Waals surface area contributed by atoms with Crippen molar-refractivity contribution in [3.05, 3.63) is 24.3 Å². The van der Waals surface area contributed by atoms with Crippen LogP contribution in [0.5, 0.6) is 0 Å². The van der Waals surface area contributed by atoms with E-state index in [1.807, 2.05) is 25.5 Å². The first-order valence-corrected chi connectivity index (χ1v) is 13.9. The summed E-state index contributed by atoms with van der Waals surface area (Å²) in [5, 5.41) is 2.46. The molecule has 2 aliphatic rings. The molecule has 32 heavy (non-hydrogen) atoms. The molecule has 0 heterocycles. The third-order valence-corrected chi connectivity index (χ3v) is 9.82. The molecule has 0 spiro atoms. The highest BCUT2D eigenvalue weighted by Gasteiger charge is 2.65. The summed E-state index contributed by atoms with van der Waals surface area (Å²) < 4.78 is 54.8. The summed E-state index contributed by atoms with van der Waals surface area (Å²) in [6, 6.07) is 4.25. The average molecular weight is 486 g/mol. The second-order valence-electron chi connectivity index (χ2n) is 9.27. The van der Waals surface area contributed by atoms with E-state index in [-0.39, 0.29) is 33.5 Å². The van der Waals surface area contributed by atoms with Crippen LogP contribution in [0, 0.1) is 16.7 Å². The topological polar surface area (TPSA) is 139 Å². The zero-order chi connectivity index (χ0) is 23.8. The molecule has 2 atom stereocenters. The molecule has 2 saturated carbocycles. The van der Waals surface area contributed by atoms with E-state index in [1.165, 1.54) is 24.3 Å². The van der Waals surface area contributed by atoms with E-state index in [1.54, 1.807) is 0 Å². The van der Waals surface area contributed by atoms with Gasteiger partial charge >= 0.3 is 6.03 Å². The molecule has 178 valence electrons. The number of carbonyl (C=O) groups excluding carboxylic acids is 2. The largest absolute Gasteiger partial charge is 0.337 e. The summed E-state index contributed by atoms with van der Waals surface area (Å²) in [5.74, 6) is -0.0720. The van der Waals surface area contributed by atoms with Gasteiger partial charge in [0.15, 0.2) is 0 Å². The van der Waals surface area contributed by atoms with Crippen LogP contribution in [0.1, 0.15) is 52.9 Å². The molecule has 11 heteroatoms. The van der Waals surface area contributed by atoms with Crippen LogP contribution in [-0.2, 0) is 24.8 Å². The van der Waals surface area contributed by atoms with Crippen molar-refractivity contribution >= 4 is 37.5 Å². The highest BCUT2D eigenvalue weighted by Crippen LogP contribution is 2.64. The molecule has 2 aliphatic carbocycles. The van der Waals surface area contributed by atoms with Gasteiger partial charge in [-0.15, -0.1) is 0 Å². The Morgan fingerprint density at radius 3 is 2.31 bits per heavy atom. The van der Waals surface area contributed by atoms with E-state index in [2.05, 4.69) is 10.0 Å². The van der Waals surface area contributed by atoms with E-state index >= 15 is 0 Å². The van der Waals surface area contributed by atoms with Gasteiger partial charge in [-0.1, -0.05) is 27.2 Å². The smallest absolute Gasteiger partial charge is 0.328 e. The molecule has 2 bridgehead atoms. The Morgan fingerprint density at radius 1 is 1.12 bits per heavy atom. The van der Waals surface area contributed by atoms with Crippen molar-refractivity contribution < 1.29 is 26.4 Å². The lowest BCUT2D eigenvalue weighted by molar-refractivity contribution is -0.128. The average Bonchev–Trinajstić information content (AvgIpc) is 3.02. The van der Waals surface area contributed by atoms with Crippen LogP contribution < -0.4 is 14.8 Å². The van der Waals surface area contributed by atoms with E-state index in [0.29, 0.717) is 19.4 Å². The second-order valence-corrected chi connectivity index (χ2v) is 12.7. The van der Waals surface area contributed by atoms with Crippen molar-refractivity contribution in [2.45, 2.75) is 57.8 Å². The summed E-state index contributed by atoms with van der Waals surface area (Å²) in [6.07, 6.45) is 3.42. The van der Waals surface area contributed by atoms with Crippen LogP contribution in [0.3, 0.4) is 0 Å². The Morgan fingerprint density at radius 2 is 1.78 bits per heavy atom. The predicted molar refractivity (Wildman–Crippen MR) is 121 cm³/mol. The number of amides is 2. The maximum Gasteiger partial charge on any atom is 0.328 e. The fraction of sp³-hybridized carbons (Fsp3) is 0.619. The van der Waals surface area contributed by atoms with Gasteiger partial charge in [0.05, 0.1) is 16.1 Å². The molecule has 0 saturated heterocycles. The molecule has 2 fully saturated rings. The predicted octanol–water partition coefficient (Wildman–Crippen LogP) is 2.61. The maximum atomic E-state index is 12.9. The van der Waals surface area contributed by atoms with Gasteiger partial charge in [0.1, 0.15) is 5.78 Å². The van der Waals surface area contributed by atoms with Gasteiger partial charge in [-0.05, 0) is 54.9 Å². The zero-order valence-corrected chi connectivity index (χ0v) is 20.2. The zero-order valence-electron chi connectivity index (χ0n) is 18.6. The number of fused-ring (bicyclic) bond motifs is 2. The third-order valence-electron chi connectivity index (χ3n) is 7.06. The molecule has 0 unspecified atom stereocenters. The minimum atomic E-state index is -4.09. The number of Topliss-reactive ketones (excluding diaryl/α,β-unsaturated/α-hetero) is 1. The summed E-state index contributed by atoms with van der Waals surface area (Å²) >= 11 is 0. The molecule has 1 aromatic carbocycles. The molecule has 3 N–H and O–H groups in total. The fourth-order valence-corrected chi connectivity index (χ4v) is 7.77. The van der Waals surface area contributed by atoms with E-state index in [4.69, 9.17) is 0 Å². The third kappa shape index (κ3) is 4.63. The van der Waals surface area contributed by atoms with Crippen molar-refractivity contribution in [2.24, 2.45) is 16.7 Å². The van der Waals surface area contributed by atoms with Crippen molar-refractivity contribution in [1.82, 2.24) is 10.0 Å². The van der Waals surface area contributed by atoms with Crippen LogP contribution in [-0.4, -0.2) is 40.9 Å². The van der Waals surface area contributed by atoms with Gasteiger partial charge in [0.25, 0.3) is 10.0 Å². The van der Waals surface area contributed by atoms with Crippen molar-refractivity contribution in [3.63, 3.8) is 0 Å². The van der Waals surface area contributed by atoms with E-state index < -0.39 is 31.5 Å². The van der Waals surface area contributed by atoms with Crippen molar-refractivity contribution in [2.75, 3.05) is 17.0 Å². The molecule has 0 aromatic heterocycles. The minimum absolute atomic E-state index is 0.00820. The Labute approximate surface area is 189 Å². The number of hydrogen-bond donors (Lipinski definition) is 3. The number of ketones is 1. The van der Waals surface area contributed by atoms with Gasteiger partial charge in [0, 0.05) is 18.7 Å². The number of sulfonamides is 2. The first kappa shape index (κ1) is 24.5. The lowest BCUT2D eigenvalue weighted by Gasteiger charge is -2.36. The summed E-state index contributed by atoms with van der Waals surface area (Å²) in [5.41, 5.74) is -1.08. The Kier molecular flexibility index (Phi) is 6.63. The van der Waals surface area contributed by atoms with Gasteiger partial charge in [-0.2, -0.15) is 0 Å². The molecule has 0 radical (unpaired) electrons. The number of hydrogen-bond acceptors (Lipinski definition) is 6. The minimum Gasteiger partial charge on any atom is -0.337 e. The Balaban J connectivity index is 1.67. The molecule has 1 aromatic rings. The molecule has 3 rings (SSSR count). The van der Waals surface area contributed by atoms with E-state index in [9.17, 15) is 26.4 Å². The highest BCUT2D eigenvalue weighted by atomic mass is 32.2. The lowest BCUT2D eigenvalue weighted by atomic mass is 9.70. The molecular formula is C21H31N3O6S2. The summed E-state index contributed by atoms with van der Waals surface area (Å²) in [6.45, 7) is 6.25. The number of carbonyl (C=O) groups is 2. The number of anilines is 1. The van der Waals surface area contributed by atoms with Gasteiger partial charge in [-0.25, -0.2) is 26.4 Å². The summed E-state index contributed by atoms with van der Waals surface area (Å²) in [4.78, 5) is 24.2. The number of unbranched alkanes of at least 4 members (excludes halogenated alkanes) is 1. The first-order valence-electron chi connectivity index (χ1n) is 10.8. The Hall–Kier alpha value is -2.14. The Bertz CT molecular complexity index is 1100. The van der Waals surface area contributed by atoms with Gasteiger partial charge < -0.3 is 5.32 Å². The number of benzene rings is 1. The number of rotatable bonds is 9. The number of nitrogens with one attached hydrogen (secondary N) is 3. The quantitative estimate of drug-likeness (QED) is 0.460. The first-order chi connectivity index (χ1) is 14.8. The van der Waals surface area contributed by atoms with Gasteiger partial charge in [0.2, 0.25) is 10.0 Å². The van der Waals surface area contributed by atoms with Crippen LogP contribution in [0.2, 0.25) is 0 Å². The molecular weight excluding hydrogens is 454 g/mol. The molecule has 0 aliphatic heterocycles. The summed E-state index contributed by atoms with van der Waals surface area (Å²) in [7, 11) is -7.94. The fourth-order valence-electron chi connectivity index (χ4n) is 4.95. The monoisotopic (exact) mass is 485 g/mol. The normalized spacial score (nSPS) is 24.3. The second kappa shape index (κ2) is 8.66. The lowest BCUT2D eigenvalue weighted by Crippen LogP contribution is -2.43. The van der Waals surface area contributed by atoms with E-state index in [0.717, 1.165) is 19.3 Å². The number of urea groups is 1. The standard InChI is InChI=1S/C21H31N3O6S2/c1-4-5-12-22-19(26)24-32(29,30)17-8-6-16(7-9-17)23-31(27,28)14-21-11-10-15(13-18(21)25)20(21,2)3/h6-9,15,23H,4-5,10-14H2,1-3H3,(H2,22,24,26)/t15-,21-/m0/s1. The highest BCUT2D eigenvalue weighted by molar-refractivity contribution is 7.92. The van der Waals surface area contributed by atoms with Crippen molar-refractivity contribution in [1.29, 1.82) is 0 Å². The van der Waals surface area contributed by atoms with Crippen LogP contribution >= 0.6 is 0 Å². The van der Waals surface area contributed by atoms with Crippen molar-refractivity contribution in [3.8, 4) is 0 Å². The molecule has 2 amide bonds. The SMILES string of the molecule is CCCCNC(=O)NS(=O)(=O)c1ccc(NS(=O)(=O)C[C@@]23CC[C@@H](CC2=O)C3(C)C)cc1. The maximum absolute atomic E-state index is 12.9. The molecule has 9 nitrogen and oxygen atoms in total. The van der Waals surface area contributed by atoms with Crippen LogP contribution in [0.25, 0.3) is 0 Å². The van der Waals surface area contributed by atoms with Crippen LogP contribution in [0.15, 0.2) is 29.2 Å². The van der Waals surface area contributed by atoms with Gasteiger partial charge in [-0.3, -0.25) is 9.52 Å².